The van der Waals surface area contributed by atoms with E-state index in [2.05, 4.69) is 11.9 Å². The molecule has 1 aliphatic carbocycles. The van der Waals surface area contributed by atoms with Gasteiger partial charge in [-0.2, -0.15) is 0 Å². The third kappa shape index (κ3) is 3.44. The summed E-state index contributed by atoms with van der Waals surface area (Å²) in [6.07, 6.45) is 7.70. The maximum Gasteiger partial charge on any atom is 0.0702 e. The Labute approximate surface area is 98.8 Å². The summed E-state index contributed by atoms with van der Waals surface area (Å²) < 4.78 is 5.61. The van der Waals surface area contributed by atoms with Gasteiger partial charge in [0, 0.05) is 19.7 Å². The maximum atomic E-state index is 10.1. The molecule has 1 saturated heterocycles. The lowest BCUT2D eigenvalue weighted by atomic mass is 10.0. The summed E-state index contributed by atoms with van der Waals surface area (Å²) in [5.41, 5.74) is 0. The van der Waals surface area contributed by atoms with Crippen molar-refractivity contribution in [3.63, 3.8) is 0 Å². The Hall–Kier alpha value is -0.120. The molecule has 2 aliphatic rings. The van der Waals surface area contributed by atoms with Gasteiger partial charge < -0.3 is 14.7 Å². The zero-order valence-corrected chi connectivity index (χ0v) is 10.4. The first-order valence-electron chi connectivity index (χ1n) is 6.74. The van der Waals surface area contributed by atoms with Crippen LogP contribution in [0.5, 0.6) is 0 Å². The Morgan fingerprint density at radius 3 is 2.62 bits per heavy atom. The van der Waals surface area contributed by atoms with E-state index in [-0.39, 0.29) is 6.10 Å². The third-order valence-corrected chi connectivity index (χ3v) is 3.98. The number of hydrogen-bond acceptors (Lipinski definition) is 3. The molecule has 3 nitrogen and oxygen atoms in total. The van der Waals surface area contributed by atoms with Gasteiger partial charge in [-0.25, -0.2) is 0 Å². The van der Waals surface area contributed by atoms with E-state index in [1.54, 1.807) is 0 Å². The Morgan fingerprint density at radius 2 is 2.00 bits per heavy atom. The normalized spacial score (nSPS) is 29.1. The van der Waals surface area contributed by atoms with Crippen LogP contribution in [0.2, 0.25) is 0 Å². The van der Waals surface area contributed by atoms with Crippen LogP contribution in [0.15, 0.2) is 0 Å². The Morgan fingerprint density at radius 1 is 1.25 bits per heavy atom. The molecule has 1 aliphatic heterocycles. The highest BCUT2D eigenvalue weighted by atomic mass is 16.5. The predicted octanol–water partition coefficient (Wildman–Crippen LogP) is 1.65. The second-order valence-corrected chi connectivity index (χ2v) is 5.47. The molecule has 0 aromatic carbocycles. The summed E-state index contributed by atoms with van der Waals surface area (Å²) >= 11 is 0. The Balaban J connectivity index is 1.66. The van der Waals surface area contributed by atoms with Crippen molar-refractivity contribution in [2.75, 3.05) is 26.7 Å². The van der Waals surface area contributed by atoms with Gasteiger partial charge in [0.25, 0.3) is 0 Å². The standard InChI is InChI=1S/C13H25NO2/c1-14(9-12-7-4-8-16-12)10-13(15)11-5-2-3-6-11/h11-13,15H,2-10H2,1H3. The minimum absolute atomic E-state index is 0.131. The van der Waals surface area contributed by atoms with E-state index in [9.17, 15) is 5.11 Å². The number of aliphatic hydroxyl groups is 1. The number of hydrogen-bond donors (Lipinski definition) is 1. The molecule has 2 atom stereocenters. The average molecular weight is 227 g/mol. The lowest BCUT2D eigenvalue weighted by Gasteiger charge is -2.26. The summed E-state index contributed by atoms with van der Waals surface area (Å²) in [7, 11) is 2.10. The number of ether oxygens (including phenoxy) is 1. The van der Waals surface area contributed by atoms with Crippen molar-refractivity contribution in [3.05, 3.63) is 0 Å². The van der Waals surface area contributed by atoms with Crippen LogP contribution in [0.1, 0.15) is 38.5 Å². The van der Waals surface area contributed by atoms with E-state index < -0.39 is 0 Å². The molecule has 1 N–H and O–H groups in total. The van der Waals surface area contributed by atoms with Crippen molar-refractivity contribution in [3.8, 4) is 0 Å². The van der Waals surface area contributed by atoms with Crippen LogP contribution in [-0.4, -0.2) is 49.0 Å². The highest BCUT2D eigenvalue weighted by Crippen LogP contribution is 2.28. The summed E-state index contributed by atoms with van der Waals surface area (Å²) in [5.74, 6) is 0.548. The molecule has 94 valence electrons. The molecule has 0 radical (unpaired) electrons. The van der Waals surface area contributed by atoms with Crippen LogP contribution in [-0.2, 0) is 4.74 Å². The maximum absolute atomic E-state index is 10.1. The number of nitrogens with zero attached hydrogens (tertiary/aromatic N) is 1. The summed E-state index contributed by atoms with van der Waals surface area (Å²) in [6.45, 7) is 2.71. The fourth-order valence-corrected chi connectivity index (χ4v) is 3.02. The summed E-state index contributed by atoms with van der Waals surface area (Å²) in [6, 6.07) is 0. The monoisotopic (exact) mass is 227 g/mol. The van der Waals surface area contributed by atoms with E-state index in [0.29, 0.717) is 12.0 Å². The first kappa shape index (κ1) is 12.3. The van der Waals surface area contributed by atoms with E-state index in [1.807, 2.05) is 0 Å². The van der Waals surface area contributed by atoms with Gasteiger partial charge in [0.2, 0.25) is 0 Å². The zero-order chi connectivity index (χ0) is 11.4. The van der Waals surface area contributed by atoms with Crippen LogP contribution < -0.4 is 0 Å². The van der Waals surface area contributed by atoms with Crippen molar-refractivity contribution >= 4 is 0 Å². The smallest absolute Gasteiger partial charge is 0.0702 e. The second-order valence-electron chi connectivity index (χ2n) is 5.47. The lowest BCUT2D eigenvalue weighted by molar-refractivity contribution is 0.0417. The quantitative estimate of drug-likeness (QED) is 0.775. The largest absolute Gasteiger partial charge is 0.392 e. The molecule has 0 aromatic heterocycles. The van der Waals surface area contributed by atoms with Gasteiger partial charge in [0.05, 0.1) is 12.2 Å². The molecule has 2 rings (SSSR count). The molecule has 16 heavy (non-hydrogen) atoms. The SMILES string of the molecule is CN(CC1CCCO1)CC(O)C1CCCC1. The van der Waals surface area contributed by atoms with E-state index in [0.717, 1.165) is 19.7 Å². The Bertz CT molecular complexity index is 198. The molecule has 0 spiro atoms. The Kier molecular flexibility index (Phi) is 4.62. The van der Waals surface area contributed by atoms with Crippen molar-refractivity contribution in [1.82, 2.24) is 4.90 Å². The predicted molar refractivity (Wildman–Crippen MR) is 64.4 cm³/mol. The number of likely N-dealkylation sites (N-methyl/N-ethyl adjacent to an activating group) is 1. The molecule has 0 bridgehead atoms. The van der Waals surface area contributed by atoms with Crippen LogP contribution in [0, 0.1) is 5.92 Å². The van der Waals surface area contributed by atoms with Gasteiger partial charge in [-0.3, -0.25) is 0 Å². The van der Waals surface area contributed by atoms with E-state index in [1.165, 1.54) is 38.5 Å². The molecule has 1 heterocycles. The number of rotatable bonds is 5. The molecular weight excluding hydrogens is 202 g/mol. The fraction of sp³-hybridized carbons (Fsp3) is 1.00. The molecule has 3 heteroatoms. The van der Waals surface area contributed by atoms with Gasteiger partial charge in [-0.15, -0.1) is 0 Å². The van der Waals surface area contributed by atoms with Gasteiger partial charge in [0.15, 0.2) is 0 Å². The topological polar surface area (TPSA) is 32.7 Å². The van der Waals surface area contributed by atoms with Crippen LogP contribution in [0.3, 0.4) is 0 Å². The zero-order valence-electron chi connectivity index (χ0n) is 10.4. The molecule has 0 aromatic rings. The van der Waals surface area contributed by atoms with E-state index >= 15 is 0 Å². The number of aliphatic hydroxyl groups excluding tert-OH is 1. The van der Waals surface area contributed by atoms with Crippen molar-refractivity contribution < 1.29 is 9.84 Å². The van der Waals surface area contributed by atoms with E-state index in [4.69, 9.17) is 4.74 Å². The summed E-state index contributed by atoms with van der Waals surface area (Å²) in [5, 5.41) is 10.1. The van der Waals surface area contributed by atoms with Crippen LogP contribution >= 0.6 is 0 Å². The minimum atomic E-state index is -0.131. The molecule has 0 amide bonds. The van der Waals surface area contributed by atoms with Crippen molar-refractivity contribution in [2.45, 2.75) is 50.7 Å². The summed E-state index contributed by atoms with van der Waals surface area (Å²) in [4.78, 5) is 2.24. The second kappa shape index (κ2) is 5.99. The van der Waals surface area contributed by atoms with Gasteiger partial charge in [-0.1, -0.05) is 12.8 Å². The highest BCUT2D eigenvalue weighted by molar-refractivity contribution is 4.78. The molecular formula is C13H25NO2. The van der Waals surface area contributed by atoms with Gasteiger partial charge in [0.1, 0.15) is 0 Å². The minimum Gasteiger partial charge on any atom is -0.392 e. The van der Waals surface area contributed by atoms with Crippen LogP contribution in [0.4, 0.5) is 0 Å². The average Bonchev–Trinajstić information content (AvgIpc) is 2.88. The first-order valence-corrected chi connectivity index (χ1v) is 6.74. The van der Waals surface area contributed by atoms with Crippen molar-refractivity contribution in [2.24, 2.45) is 5.92 Å². The highest BCUT2D eigenvalue weighted by Gasteiger charge is 2.25. The molecule has 2 fully saturated rings. The van der Waals surface area contributed by atoms with Gasteiger partial charge in [-0.05, 0) is 38.6 Å². The van der Waals surface area contributed by atoms with Crippen molar-refractivity contribution in [1.29, 1.82) is 0 Å². The van der Waals surface area contributed by atoms with Crippen LogP contribution in [0.25, 0.3) is 0 Å². The first-order chi connectivity index (χ1) is 7.75. The lowest BCUT2D eigenvalue weighted by Crippen LogP contribution is -2.37. The molecule has 2 unspecified atom stereocenters. The van der Waals surface area contributed by atoms with Gasteiger partial charge >= 0.3 is 0 Å². The molecule has 1 saturated carbocycles. The third-order valence-electron chi connectivity index (χ3n) is 3.98. The fourth-order valence-electron chi connectivity index (χ4n) is 3.02.